The van der Waals surface area contributed by atoms with Crippen molar-refractivity contribution >= 4 is 34.4 Å². The molecule has 0 fully saturated rings. The minimum atomic E-state index is -0.297. The second-order valence-electron chi connectivity index (χ2n) is 6.41. The topological polar surface area (TPSA) is 77.8 Å². The second kappa shape index (κ2) is 7.37. The quantitative estimate of drug-likeness (QED) is 0.315. The molecule has 0 saturated carbocycles. The maximum Gasteiger partial charge on any atom is 0.309 e. The summed E-state index contributed by atoms with van der Waals surface area (Å²) in [5, 5.41) is 1.49. The summed E-state index contributed by atoms with van der Waals surface area (Å²) in [7, 11) is 1.39. The number of carbonyl (C=O) groups is 1. The number of ether oxygens (including phenoxy) is 1. The number of esters is 1. The van der Waals surface area contributed by atoms with Crippen LogP contribution in [-0.4, -0.2) is 13.1 Å². The lowest BCUT2D eigenvalue weighted by molar-refractivity contribution is -0.139. The van der Waals surface area contributed by atoms with Crippen molar-refractivity contribution in [2.45, 2.75) is 6.42 Å². The van der Waals surface area contributed by atoms with E-state index in [-0.39, 0.29) is 12.4 Å². The van der Waals surface area contributed by atoms with Crippen LogP contribution in [0, 0.1) is 0 Å². The highest BCUT2D eigenvalue weighted by molar-refractivity contribution is 6.14. The zero-order valence-electron chi connectivity index (χ0n) is 15.1. The van der Waals surface area contributed by atoms with Gasteiger partial charge in [-0.05, 0) is 35.4 Å². The van der Waals surface area contributed by atoms with Gasteiger partial charge in [0.1, 0.15) is 11.3 Å². The molecule has 1 heterocycles. The molecular formula is C22H17ClN2O3. The molecule has 0 saturated heterocycles. The number of nitrogens with zero attached hydrogens (tertiary/aromatic N) is 1. The Labute approximate surface area is 166 Å². The lowest BCUT2D eigenvalue weighted by Gasteiger charge is -2.17. The van der Waals surface area contributed by atoms with Crippen LogP contribution in [0.25, 0.3) is 33.4 Å². The number of anilines is 1. The van der Waals surface area contributed by atoms with Crippen LogP contribution in [0.2, 0.25) is 0 Å². The van der Waals surface area contributed by atoms with Crippen LogP contribution in [0.1, 0.15) is 5.56 Å². The average Bonchev–Trinajstić information content (AvgIpc) is 2.72. The molecule has 0 unspecified atom stereocenters. The predicted octanol–water partition coefficient (Wildman–Crippen LogP) is 4.56. The molecule has 0 spiro atoms. The molecule has 140 valence electrons. The first-order valence-electron chi connectivity index (χ1n) is 8.67. The summed E-state index contributed by atoms with van der Waals surface area (Å²) >= 11 is 5.64. The highest BCUT2D eigenvalue weighted by atomic mass is 35.5. The van der Waals surface area contributed by atoms with E-state index in [2.05, 4.69) is 4.51 Å². The van der Waals surface area contributed by atoms with Crippen molar-refractivity contribution in [3.05, 3.63) is 71.6 Å². The van der Waals surface area contributed by atoms with Crippen molar-refractivity contribution in [3.63, 3.8) is 0 Å². The molecule has 0 radical (unpaired) electrons. The van der Waals surface area contributed by atoms with Gasteiger partial charge in [0.25, 0.3) is 0 Å². The van der Waals surface area contributed by atoms with Crippen molar-refractivity contribution in [1.82, 2.24) is 0 Å². The van der Waals surface area contributed by atoms with Crippen LogP contribution in [0.15, 0.2) is 69.6 Å². The first-order valence-corrected chi connectivity index (χ1v) is 9.00. The molecule has 2 N–H and O–H groups in total. The monoisotopic (exact) mass is 392 g/mol. The summed E-state index contributed by atoms with van der Waals surface area (Å²) in [4.78, 5) is 11.9. The maximum atomic E-state index is 11.9. The van der Waals surface area contributed by atoms with Crippen molar-refractivity contribution in [1.29, 1.82) is 0 Å². The Hall–Kier alpha value is -3.31. The Balaban J connectivity index is 2.10. The minimum absolute atomic E-state index is 0.172. The summed E-state index contributed by atoms with van der Waals surface area (Å²) in [6.07, 6.45) is 0.172. The van der Waals surface area contributed by atoms with Gasteiger partial charge in [-0.2, -0.15) is 4.51 Å². The van der Waals surface area contributed by atoms with E-state index in [1.807, 2.05) is 48.5 Å². The standard InChI is InChI=1S/C22H17ClN2O3/c1-27-21(26)10-13-4-2-3-5-16(13)22-17-8-6-14(24)11-19(17)28-20-12-15(25-23)7-9-18(20)22/h2-9,11-12H,10,24H2,1H3. The molecule has 1 aliphatic heterocycles. The van der Waals surface area contributed by atoms with Crippen LogP contribution in [-0.2, 0) is 16.0 Å². The number of methoxy groups -OCH3 is 1. The third-order valence-corrected chi connectivity index (χ3v) is 4.87. The molecule has 2 aliphatic rings. The van der Waals surface area contributed by atoms with Crippen LogP contribution in [0.3, 0.4) is 0 Å². The Bertz CT molecular complexity index is 1230. The Morgan fingerprint density at radius 3 is 2.71 bits per heavy atom. The summed E-state index contributed by atoms with van der Waals surface area (Å²) in [5.74, 6) is 0.331. The third-order valence-electron chi connectivity index (χ3n) is 4.68. The first kappa shape index (κ1) is 18.1. The normalized spacial score (nSPS) is 11.9. The molecule has 5 nitrogen and oxygen atoms in total. The lowest BCUT2D eigenvalue weighted by atomic mass is 9.90. The van der Waals surface area contributed by atoms with Gasteiger partial charge in [-0.1, -0.05) is 24.3 Å². The molecule has 0 amide bonds. The zero-order valence-corrected chi connectivity index (χ0v) is 15.9. The van der Waals surface area contributed by atoms with E-state index >= 15 is 0 Å². The van der Waals surface area contributed by atoms with Crippen molar-refractivity contribution in [3.8, 4) is 22.5 Å². The van der Waals surface area contributed by atoms with Crippen LogP contribution >= 0.6 is 11.8 Å². The number of nitrogens with two attached hydrogens (primary N) is 1. The third kappa shape index (κ3) is 3.21. The number of hydrogen-bond donors (Lipinski definition) is 1. The van der Waals surface area contributed by atoms with Crippen molar-refractivity contribution < 1.29 is 13.9 Å². The summed E-state index contributed by atoms with van der Waals surface area (Å²) in [6, 6.07) is 18.8. The molecule has 0 bridgehead atoms. The van der Waals surface area contributed by atoms with Crippen LogP contribution < -0.4 is 11.1 Å². The number of halogens is 1. The van der Waals surface area contributed by atoms with Gasteiger partial charge in [-0.15, -0.1) is 0 Å². The van der Waals surface area contributed by atoms with Gasteiger partial charge in [-0.25, -0.2) is 0 Å². The van der Waals surface area contributed by atoms with Gasteiger partial charge in [0.05, 0.1) is 18.9 Å². The van der Waals surface area contributed by atoms with Crippen LogP contribution in [0.5, 0.6) is 0 Å². The summed E-state index contributed by atoms with van der Waals surface area (Å²) < 4.78 is 14.7. The largest absolute Gasteiger partial charge is 0.469 e. The summed E-state index contributed by atoms with van der Waals surface area (Å²) in [6.45, 7) is 0. The molecule has 2 aromatic rings. The Morgan fingerprint density at radius 2 is 1.93 bits per heavy atom. The van der Waals surface area contributed by atoms with Gasteiger partial charge in [-0.3, -0.25) is 4.79 Å². The smallest absolute Gasteiger partial charge is 0.309 e. The average molecular weight is 393 g/mol. The minimum Gasteiger partial charge on any atom is -0.469 e. The number of benzene rings is 3. The van der Waals surface area contributed by atoms with Gasteiger partial charge >= 0.3 is 5.97 Å². The van der Waals surface area contributed by atoms with E-state index in [0.717, 1.165) is 27.6 Å². The zero-order chi connectivity index (χ0) is 19.7. The molecule has 1 aliphatic carbocycles. The maximum absolute atomic E-state index is 11.9. The number of rotatable bonds is 3. The molecule has 4 rings (SSSR count). The van der Waals surface area contributed by atoms with E-state index in [1.54, 1.807) is 12.1 Å². The molecule has 2 aromatic carbocycles. The fourth-order valence-corrected chi connectivity index (χ4v) is 3.49. The molecule has 6 heteroatoms. The molecule has 28 heavy (non-hydrogen) atoms. The number of hydrogen-bond acceptors (Lipinski definition) is 5. The predicted molar refractivity (Wildman–Crippen MR) is 110 cm³/mol. The fraction of sp³-hybridized carbons (Fsp3) is 0.0909. The lowest BCUT2D eigenvalue weighted by Crippen LogP contribution is -2.06. The Morgan fingerprint density at radius 1 is 1.11 bits per heavy atom. The van der Waals surface area contributed by atoms with Crippen molar-refractivity contribution in [2.75, 3.05) is 12.8 Å². The Kier molecular flexibility index (Phi) is 4.75. The molecule has 0 atom stereocenters. The summed E-state index contributed by atoms with van der Waals surface area (Å²) in [5.41, 5.74) is 10.8. The van der Waals surface area contributed by atoms with Gasteiger partial charge < -0.3 is 14.9 Å². The van der Waals surface area contributed by atoms with Gasteiger partial charge in [0.15, 0.2) is 0 Å². The van der Waals surface area contributed by atoms with E-state index < -0.39 is 0 Å². The molecule has 0 aromatic heterocycles. The van der Waals surface area contributed by atoms with E-state index in [9.17, 15) is 4.79 Å². The highest BCUT2D eigenvalue weighted by Crippen LogP contribution is 2.41. The number of nitrogen functional groups attached to an aromatic ring is 1. The molecular weight excluding hydrogens is 376 g/mol. The van der Waals surface area contributed by atoms with E-state index in [4.69, 9.17) is 26.7 Å². The number of fused-ring (bicyclic) bond motifs is 2. The van der Waals surface area contributed by atoms with Gasteiger partial charge in [0, 0.05) is 46.1 Å². The van der Waals surface area contributed by atoms with E-state index in [1.165, 1.54) is 7.11 Å². The SMILES string of the molecule is COC(=O)Cc1ccccc1-c1c2ccc(=NCl)cc-2oc2cc(N)ccc12. The van der Waals surface area contributed by atoms with Crippen molar-refractivity contribution in [2.24, 2.45) is 4.51 Å². The highest BCUT2D eigenvalue weighted by Gasteiger charge is 2.20. The second-order valence-corrected chi connectivity index (χ2v) is 6.58. The first-order chi connectivity index (χ1) is 13.6. The number of carbonyl (C=O) groups excluding carboxylic acids is 1. The van der Waals surface area contributed by atoms with E-state index in [0.29, 0.717) is 22.4 Å². The van der Waals surface area contributed by atoms with Crippen LogP contribution in [0.4, 0.5) is 5.69 Å². The fourth-order valence-electron chi connectivity index (χ4n) is 3.38. The van der Waals surface area contributed by atoms with Gasteiger partial charge in [0.2, 0.25) is 0 Å².